The normalized spacial score (nSPS) is 10.8. The fraction of sp³-hybridized carbons (Fsp3) is 0.222. The number of ether oxygens (including phenoxy) is 1. The highest BCUT2D eigenvalue weighted by molar-refractivity contribution is 5.50. The molecule has 0 fully saturated rings. The van der Waals surface area contributed by atoms with Crippen LogP contribution in [-0.2, 0) is 4.74 Å². The van der Waals surface area contributed by atoms with E-state index in [0.717, 1.165) is 6.54 Å². The minimum absolute atomic E-state index is 0.643. The maximum atomic E-state index is 5.57. The molecule has 0 aromatic heterocycles. The third kappa shape index (κ3) is 4.90. The first-order valence-electron chi connectivity index (χ1n) is 6.95. The van der Waals surface area contributed by atoms with E-state index in [1.807, 2.05) is 36.4 Å². The molecule has 0 unspecified atom stereocenters. The average molecular weight is 267 g/mol. The number of benzene rings is 2. The molecule has 1 N–H and O–H groups in total. The van der Waals surface area contributed by atoms with Gasteiger partial charge in [-0.2, -0.15) is 0 Å². The molecule has 0 atom stereocenters. The van der Waals surface area contributed by atoms with Gasteiger partial charge < -0.3 is 10.1 Å². The lowest BCUT2D eigenvalue weighted by molar-refractivity contribution is 0.174. The smallest absolute Gasteiger partial charge is 0.0651 e. The minimum Gasteiger partial charge on any atom is -0.383 e. The summed E-state index contributed by atoms with van der Waals surface area (Å²) in [5, 5.41) is 3.37. The molecule has 0 saturated carbocycles. The van der Waals surface area contributed by atoms with Gasteiger partial charge in [0.1, 0.15) is 0 Å². The maximum Gasteiger partial charge on any atom is 0.0651 e. The number of para-hydroxylation sites is 1. The van der Waals surface area contributed by atoms with Crippen molar-refractivity contribution >= 4 is 11.8 Å². The summed E-state index contributed by atoms with van der Waals surface area (Å²) < 4.78 is 5.57. The van der Waals surface area contributed by atoms with Crippen LogP contribution in [0.1, 0.15) is 11.1 Å². The van der Waals surface area contributed by atoms with Crippen LogP contribution >= 0.6 is 0 Å². The van der Waals surface area contributed by atoms with E-state index < -0.39 is 0 Å². The first-order chi connectivity index (χ1) is 9.86. The number of hydrogen-bond donors (Lipinski definition) is 1. The first-order valence-corrected chi connectivity index (χ1v) is 6.95. The third-order valence-electron chi connectivity index (χ3n) is 3.03. The molecule has 0 saturated heterocycles. The number of anilines is 1. The molecule has 0 bridgehead atoms. The second-order valence-electron chi connectivity index (χ2n) is 4.63. The molecule has 2 rings (SSSR count). The molecule has 20 heavy (non-hydrogen) atoms. The molecule has 0 spiro atoms. The van der Waals surface area contributed by atoms with Crippen molar-refractivity contribution in [1.82, 2.24) is 0 Å². The van der Waals surface area contributed by atoms with Gasteiger partial charge in [0, 0.05) is 12.2 Å². The molecule has 104 valence electrons. The van der Waals surface area contributed by atoms with Crippen molar-refractivity contribution in [2.45, 2.75) is 6.92 Å². The van der Waals surface area contributed by atoms with Crippen LogP contribution in [0.3, 0.4) is 0 Å². The van der Waals surface area contributed by atoms with Crippen LogP contribution in [0.5, 0.6) is 0 Å². The Morgan fingerprint density at radius 1 is 1.00 bits per heavy atom. The van der Waals surface area contributed by atoms with Gasteiger partial charge in [0.05, 0.1) is 13.2 Å². The Morgan fingerprint density at radius 3 is 2.55 bits per heavy atom. The van der Waals surface area contributed by atoms with Gasteiger partial charge >= 0.3 is 0 Å². The van der Waals surface area contributed by atoms with Crippen LogP contribution in [0.2, 0.25) is 0 Å². The van der Waals surface area contributed by atoms with Crippen molar-refractivity contribution in [3.8, 4) is 0 Å². The van der Waals surface area contributed by atoms with Gasteiger partial charge in [0.2, 0.25) is 0 Å². The number of aryl methyl sites for hydroxylation is 1. The van der Waals surface area contributed by atoms with E-state index in [4.69, 9.17) is 4.74 Å². The van der Waals surface area contributed by atoms with Gasteiger partial charge in [-0.25, -0.2) is 0 Å². The molecular weight excluding hydrogens is 246 g/mol. The van der Waals surface area contributed by atoms with Crippen molar-refractivity contribution in [1.29, 1.82) is 0 Å². The molecule has 0 aliphatic heterocycles. The lowest BCUT2D eigenvalue weighted by Crippen LogP contribution is -2.10. The highest BCUT2D eigenvalue weighted by Crippen LogP contribution is 2.12. The average Bonchev–Trinajstić information content (AvgIpc) is 2.49. The first kappa shape index (κ1) is 14.4. The topological polar surface area (TPSA) is 21.3 Å². The van der Waals surface area contributed by atoms with Crippen molar-refractivity contribution < 1.29 is 4.74 Å². The zero-order valence-electron chi connectivity index (χ0n) is 11.9. The Hall–Kier alpha value is -2.06. The number of hydrogen-bond acceptors (Lipinski definition) is 2. The van der Waals surface area contributed by atoms with Crippen LogP contribution in [0.4, 0.5) is 5.69 Å². The summed E-state index contributed by atoms with van der Waals surface area (Å²) in [5.74, 6) is 0. The summed E-state index contributed by atoms with van der Waals surface area (Å²) in [4.78, 5) is 0. The van der Waals surface area contributed by atoms with E-state index >= 15 is 0 Å². The number of nitrogens with one attached hydrogen (secondary N) is 1. The lowest BCUT2D eigenvalue weighted by Gasteiger charge is -2.08. The minimum atomic E-state index is 0.643. The Morgan fingerprint density at radius 2 is 1.75 bits per heavy atom. The van der Waals surface area contributed by atoms with Crippen molar-refractivity contribution in [2.24, 2.45) is 0 Å². The zero-order valence-corrected chi connectivity index (χ0v) is 11.9. The molecular formula is C18H21NO. The molecule has 0 radical (unpaired) electrons. The van der Waals surface area contributed by atoms with Crippen LogP contribution in [-0.4, -0.2) is 19.8 Å². The SMILES string of the molecule is Cc1ccccc1NCCOCC=Cc1ccccc1. The molecule has 0 aliphatic rings. The van der Waals surface area contributed by atoms with E-state index in [9.17, 15) is 0 Å². The van der Waals surface area contributed by atoms with Gasteiger partial charge in [-0.3, -0.25) is 0 Å². The highest BCUT2D eigenvalue weighted by atomic mass is 16.5. The van der Waals surface area contributed by atoms with Crippen LogP contribution in [0.15, 0.2) is 60.7 Å². The van der Waals surface area contributed by atoms with Crippen LogP contribution in [0.25, 0.3) is 6.08 Å². The maximum absolute atomic E-state index is 5.57. The second-order valence-corrected chi connectivity index (χ2v) is 4.63. The van der Waals surface area contributed by atoms with Crippen LogP contribution in [0, 0.1) is 6.92 Å². The monoisotopic (exact) mass is 267 g/mol. The quantitative estimate of drug-likeness (QED) is 0.761. The lowest BCUT2D eigenvalue weighted by atomic mass is 10.2. The van der Waals surface area contributed by atoms with Crippen molar-refractivity contribution in [3.63, 3.8) is 0 Å². The Balaban J connectivity index is 1.61. The zero-order chi connectivity index (χ0) is 14.0. The van der Waals surface area contributed by atoms with Gasteiger partial charge in [0.25, 0.3) is 0 Å². The van der Waals surface area contributed by atoms with Crippen molar-refractivity contribution in [3.05, 3.63) is 71.8 Å². The summed E-state index contributed by atoms with van der Waals surface area (Å²) in [6, 6.07) is 18.5. The molecule has 2 nitrogen and oxygen atoms in total. The summed E-state index contributed by atoms with van der Waals surface area (Å²) in [5.41, 5.74) is 3.64. The Kier molecular flexibility index (Phi) is 5.87. The third-order valence-corrected chi connectivity index (χ3v) is 3.03. The van der Waals surface area contributed by atoms with E-state index in [1.165, 1.54) is 16.8 Å². The van der Waals surface area contributed by atoms with Gasteiger partial charge in [-0.1, -0.05) is 60.7 Å². The molecule has 2 heteroatoms. The predicted octanol–water partition coefficient (Wildman–Crippen LogP) is 4.14. The van der Waals surface area contributed by atoms with E-state index in [-0.39, 0.29) is 0 Å². The van der Waals surface area contributed by atoms with Crippen molar-refractivity contribution in [2.75, 3.05) is 25.1 Å². The Bertz CT molecular complexity index is 534. The molecule has 2 aromatic carbocycles. The summed E-state index contributed by atoms with van der Waals surface area (Å²) in [6.45, 7) is 4.27. The van der Waals surface area contributed by atoms with Gasteiger partial charge in [-0.15, -0.1) is 0 Å². The summed E-state index contributed by atoms with van der Waals surface area (Å²) >= 11 is 0. The summed E-state index contributed by atoms with van der Waals surface area (Å²) in [6.07, 6.45) is 4.12. The van der Waals surface area contributed by atoms with E-state index in [0.29, 0.717) is 13.2 Å². The molecule has 0 amide bonds. The second kappa shape index (κ2) is 8.18. The molecule has 0 heterocycles. The molecule has 0 aliphatic carbocycles. The number of rotatable bonds is 7. The van der Waals surface area contributed by atoms with Gasteiger partial charge in [0.15, 0.2) is 0 Å². The van der Waals surface area contributed by atoms with Gasteiger partial charge in [-0.05, 0) is 24.1 Å². The summed E-state index contributed by atoms with van der Waals surface area (Å²) in [7, 11) is 0. The standard InChI is InChI=1S/C18H21NO/c1-16-8-5-6-12-18(16)19-13-15-20-14-7-11-17-9-3-2-4-10-17/h2-12,19H,13-15H2,1H3. The molecule has 2 aromatic rings. The fourth-order valence-electron chi connectivity index (χ4n) is 1.93. The Labute approximate surface area is 121 Å². The highest BCUT2D eigenvalue weighted by Gasteiger charge is 1.94. The van der Waals surface area contributed by atoms with Crippen LogP contribution < -0.4 is 5.32 Å². The fourth-order valence-corrected chi connectivity index (χ4v) is 1.93. The van der Waals surface area contributed by atoms with E-state index in [1.54, 1.807) is 0 Å². The van der Waals surface area contributed by atoms with E-state index in [2.05, 4.69) is 42.6 Å². The predicted molar refractivity (Wildman–Crippen MR) is 86.0 cm³/mol. The largest absolute Gasteiger partial charge is 0.383 e.